The molecule has 2 rings (SSSR count). The molecule has 2 aromatic rings. The van der Waals surface area contributed by atoms with Gasteiger partial charge in [-0.15, -0.1) is 0 Å². The van der Waals surface area contributed by atoms with Crippen LogP contribution in [0.1, 0.15) is 49.1 Å². The molecular weight excluding hydrogens is 413 g/mol. The number of pyridine rings is 1. The molecule has 0 aliphatic carbocycles. The Morgan fingerprint density at radius 1 is 1.00 bits per heavy atom. The predicted octanol–water partition coefficient (Wildman–Crippen LogP) is 6.28. The number of hydrogen-bond donors (Lipinski definition) is 0. The van der Waals surface area contributed by atoms with Crippen molar-refractivity contribution in [3.63, 3.8) is 0 Å². The van der Waals surface area contributed by atoms with Crippen LogP contribution in [0, 0.1) is 31.3 Å². The van der Waals surface area contributed by atoms with Gasteiger partial charge in [0.15, 0.2) is 0 Å². The maximum absolute atomic E-state index is 6.20. The summed E-state index contributed by atoms with van der Waals surface area (Å²) in [5.74, 6) is 2.38. The maximum atomic E-state index is 6.20. The van der Waals surface area contributed by atoms with Crippen molar-refractivity contribution in [2.45, 2.75) is 60.5 Å². The predicted molar refractivity (Wildman–Crippen MR) is 107 cm³/mol. The number of aromatic nitrogens is 1. The molecule has 0 saturated carbocycles. The van der Waals surface area contributed by atoms with Crippen molar-refractivity contribution >= 4 is 22.6 Å². The van der Waals surface area contributed by atoms with Crippen molar-refractivity contribution in [1.82, 2.24) is 4.98 Å². The molecule has 0 aliphatic heterocycles. The summed E-state index contributed by atoms with van der Waals surface area (Å²) in [6.45, 7) is 12.4. The second-order valence-corrected chi connectivity index (χ2v) is 7.46. The average Bonchev–Trinajstić information content (AvgIpc) is 2.52. The van der Waals surface area contributed by atoms with Gasteiger partial charge in [-0.3, -0.25) is 0 Å². The van der Waals surface area contributed by atoms with Crippen LogP contribution < -0.4 is 9.47 Å². The summed E-state index contributed by atoms with van der Waals surface area (Å²) in [6, 6.07) is 6.24. The summed E-state index contributed by atoms with van der Waals surface area (Å²) in [5.41, 5.74) is 4.08. The molecule has 130 valence electrons. The van der Waals surface area contributed by atoms with Gasteiger partial charge in [0, 0.05) is 15.3 Å². The van der Waals surface area contributed by atoms with Crippen molar-refractivity contribution in [3.05, 3.63) is 44.2 Å². The summed E-state index contributed by atoms with van der Waals surface area (Å²) in [4.78, 5) is 4.59. The summed E-state index contributed by atoms with van der Waals surface area (Å²) in [6.07, 6.45) is 2.20. The zero-order valence-corrected chi connectivity index (χ0v) is 17.5. The van der Waals surface area contributed by atoms with E-state index >= 15 is 0 Å². The first-order valence-electron chi connectivity index (χ1n) is 8.45. The van der Waals surface area contributed by atoms with Crippen LogP contribution in [0.4, 0.5) is 0 Å². The first kappa shape index (κ1) is 19.0. The van der Waals surface area contributed by atoms with E-state index in [0.717, 1.165) is 46.7 Å². The molecule has 0 saturated heterocycles. The Bertz CT molecular complexity index is 701. The van der Waals surface area contributed by atoms with E-state index in [1.165, 1.54) is 3.57 Å². The minimum Gasteiger partial charge on any atom is -0.490 e. The Balaban J connectivity index is 2.39. The van der Waals surface area contributed by atoms with Crippen LogP contribution in [0.15, 0.2) is 18.2 Å². The normalized spacial score (nSPS) is 11.0. The van der Waals surface area contributed by atoms with Crippen molar-refractivity contribution in [2.75, 3.05) is 0 Å². The van der Waals surface area contributed by atoms with E-state index < -0.39 is 0 Å². The fourth-order valence-electron chi connectivity index (χ4n) is 2.69. The van der Waals surface area contributed by atoms with E-state index in [9.17, 15) is 0 Å². The van der Waals surface area contributed by atoms with Crippen LogP contribution in [0.3, 0.4) is 0 Å². The van der Waals surface area contributed by atoms with E-state index in [4.69, 9.17) is 9.47 Å². The number of benzene rings is 1. The molecule has 0 bridgehead atoms. The Labute approximate surface area is 158 Å². The highest BCUT2D eigenvalue weighted by Gasteiger charge is 2.16. The Hall–Kier alpha value is -1.30. The van der Waals surface area contributed by atoms with Gasteiger partial charge >= 0.3 is 0 Å². The van der Waals surface area contributed by atoms with Gasteiger partial charge in [-0.25, -0.2) is 4.98 Å². The molecule has 1 heterocycles. The number of ether oxygens (including phenoxy) is 2. The highest BCUT2D eigenvalue weighted by atomic mass is 127. The quantitative estimate of drug-likeness (QED) is 0.497. The van der Waals surface area contributed by atoms with Gasteiger partial charge in [-0.2, -0.15) is 0 Å². The number of nitrogens with zero attached hydrogens (tertiary/aromatic N) is 1. The molecule has 0 radical (unpaired) electrons. The number of hydrogen-bond acceptors (Lipinski definition) is 3. The molecule has 24 heavy (non-hydrogen) atoms. The second-order valence-electron chi connectivity index (χ2n) is 6.22. The van der Waals surface area contributed by atoms with Gasteiger partial charge in [0.05, 0.1) is 11.7 Å². The number of rotatable bonds is 6. The fourth-order valence-corrected chi connectivity index (χ4v) is 3.63. The molecule has 0 fully saturated rings. The lowest BCUT2D eigenvalue weighted by molar-refractivity contribution is 0.190. The van der Waals surface area contributed by atoms with Crippen molar-refractivity contribution < 1.29 is 9.47 Å². The first-order chi connectivity index (χ1) is 11.3. The third-order valence-corrected chi connectivity index (χ3v) is 4.76. The van der Waals surface area contributed by atoms with Gasteiger partial charge in [0.2, 0.25) is 5.88 Å². The standard InChI is InChI=1S/C20H26INO2/c1-7-17(8-2)23-18-11-14(5)22-20(15(18)6)24-19-12(3)9-16(21)10-13(19)4/h9-11,17H,7-8H2,1-6H3. The van der Waals surface area contributed by atoms with Crippen LogP contribution in [-0.4, -0.2) is 11.1 Å². The van der Waals surface area contributed by atoms with Crippen LogP contribution in [0.25, 0.3) is 0 Å². The zero-order valence-electron chi connectivity index (χ0n) is 15.4. The molecule has 1 aromatic heterocycles. The molecule has 0 amide bonds. The van der Waals surface area contributed by atoms with Gasteiger partial charge in [0.25, 0.3) is 0 Å². The number of halogens is 1. The summed E-state index contributed by atoms with van der Waals surface area (Å²) >= 11 is 2.33. The van der Waals surface area contributed by atoms with Crippen LogP contribution in [-0.2, 0) is 0 Å². The average molecular weight is 439 g/mol. The zero-order chi connectivity index (χ0) is 17.9. The largest absolute Gasteiger partial charge is 0.490 e. The first-order valence-corrected chi connectivity index (χ1v) is 9.53. The summed E-state index contributed by atoms with van der Waals surface area (Å²) < 4.78 is 13.6. The molecular formula is C20H26INO2. The molecule has 0 atom stereocenters. The van der Waals surface area contributed by atoms with E-state index in [1.54, 1.807) is 0 Å². The Kier molecular flexibility index (Phi) is 6.49. The Morgan fingerprint density at radius 3 is 2.12 bits per heavy atom. The number of aryl methyl sites for hydroxylation is 3. The molecule has 1 aromatic carbocycles. The van der Waals surface area contributed by atoms with Crippen molar-refractivity contribution in [1.29, 1.82) is 0 Å². The van der Waals surface area contributed by atoms with Crippen LogP contribution >= 0.6 is 22.6 Å². The van der Waals surface area contributed by atoms with E-state index in [0.29, 0.717) is 5.88 Å². The van der Waals surface area contributed by atoms with Gasteiger partial charge < -0.3 is 9.47 Å². The maximum Gasteiger partial charge on any atom is 0.226 e. The monoisotopic (exact) mass is 439 g/mol. The highest BCUT2D eigenvalue weighted by Crippen LogP contribution is 2.35. The molecule has 0 unspecified atom stereocenters. The molecule has 0 N–H and O–H groups in total. The van der Waals surface area contributed by atoms with Gasteiger partial charge in [0.1, 0.15) is 11.5 Å². The van der Waals surface area contributed by atoms with Crippen LogP contribution in [0.2, 0.25) is 0 Å². The van der Waals surface area contributed by atoms with Crippen molar-refractivity contribution in [3.8, 4) is 17.4 Å². The fraction of sp³-hybridized carbons (Fsp3) is 0.450. The van der Waals surface area contributed by atoms with Gasteiger partial charge in [-0.05, 0) is 86.4 Å². The lowest BCUT2D eigenvalue weighted by atomic mass is 10.1. The molecule has 4 heteroatoms. The topological polar surface area (TPSA) is 31.4 Å². The van der Waals surface area contributed by atoms with E-state index in [2.05, 4.69) is 67.4 Å². The second kappa shape index (κ2) is 8.19. The van der Waals surface area contributed by atoms with E-state index in [-0.39, 0.29) is 6.10 Å². The third-order valence-electron chi connectivity index (χ3n) is 4.14. The summed E-state index contributed by atoms with van der Waals surface area (Å²) in [7, 11) is 0. The smallest absolute Gasteiger partial charge is 0.226 e. The highest BCUT2D eigenvalue weighted by molar-refractivity contribution is 14.1. The van der Waals surface area contributed by atoms with E-state index in [1.807, 2.05) is 19.9 Å². The van der Waals surface area contributed by atoms with Crippen LogP contribution in [0.5, 0.6) is 17.4 Å². The van der Waals surface area contributed by atoms with Gasteiger partial charge in [-0.1, -0.05) is 13.8 Å². The Morgan fingerprint density at radius 2 is 1.58 bits per heavy atom. The third kappa shape index (κ3) is 4.41. The molecule has 0 spiro atoms. The molecule has 3 nitrogen and oxygen atoms in total. The minimum atomic E-state index is 0.222. The summed E-state index contributed by atoms with van der Waals surface area (Å²) in [5, 5.41) is 0. The molecule has 0 aliphatic rings. The van der Waals surface area contributed by atoms with Crippen molar-refractivity contribution in [2.24, 2.45) is 0 Å². The lowest BCUT2D eigenvalue weighted by Gasteiger charge is -2.20. The SMILES string of the molecule is CCC(CC)Oc1cc(C)nc(Oc2c(C)cc(I)cc2C)c1C. The minimum absolute atomic E-state index is 0.222. The lowest BCUT2D eigenvalue weighted by Crippen LogP contribution is -2.15.